The molecule has 0 spiro atoms. The molecule has 0 saturated heterocycles. The van der Waals surface area contributed by atoms with Crippen molar-refractivity contribution in [3.8, 4) is 5.75 Å². The van der Waals surface area contributed by atoms with Crippen LogP contribution in [0.15, 0.2) is 27.6 Å². The van der Waals surface area contributed by atoms with Gasteiger partial charge in [-0.2, -0.15) is 0 Å². The summed E-state index contributed by atoms with van der Waals surface area (Å²) in [5.41, 5.74) is 0. The second-order valence-electron chi connectivity index (χ2n) is 3.12. The molecule has 0 bridgehead atoms. The van der Waals surface area contributed by atoms with Crippen LogP contribution in [-0.4, -0.2) is 27.6 Å². The lowest BCUT2D eigenvalue weighted by atomic mass is 10.3. The lowest BCUT2D eigenvalue weighted by molar-refractivity contribution is -0.145. The van der Waals surface area contributed by atoms with Crippen LogP contribution in [0.2, 0.25) is 0 Å². The Kier molecular flexibility index (Phi) is 5.43. The minimum atomic E-state index is -3.95. The van der Waals surface area contributed by atoms with Crippen molar-refractivity contribution in [2.75, 3.05) is 13.2 Å². The first-order valence-electron chi connectivity index (χ1n) is 4.87. The molecule has 0 amide bonds. The Morgan fingerprint density at radius 3 is 2.67 bits per heavy atom. The summed E-state index contributed by atoms with van der Waals surface area (Å²) in [6.45, 7) is 1.50. The molecular weight excluding hydrogens is 348 g/mol. The highest BCUT2D eigenvalue weighted by Crippen LogP contribution is 2.29. The molecule has 1 aromatic carbocycles. The van der Waals surface area contributed by atoms with Crippen LogP contribution in [0.25, 0.3) is 0 Å². The van der Waals surface area contributed by atoms with E-state index in [1.807, 2.05) is 0 Å². The number of carbonyl (C=O) groups excluding carboxylic acids is 1. The van der Waals surface area contributed by atoms with Crippen LogP contribution in [0.3, 0.4) is 0 Å². The summed E-state index contributed by atoms with van der Waals surface area (Å²) in [4.78, 5) is 10.9. The van der Waals surface area contributed by atoms with E-state index < -0.39 is 15.0 Å². The first kappa shape index (κ1) is 15.3. The zero-order chi connectivity index (χ0) is 13.8. The van der Waals surface area contributed by atoms with E-state index in [-0.39, 0.29) is 23.9 Å². The number of carbonyl (C=O) groups is 1. The van der Waals surface area contributed by atoms with Gasteiger partial charge in [0, 0.05) is 15.2 Å². The normalized spacial score (nSPS) is 11.1. The summed E-state index contributed by atoms with van der Waals surface area (Å²) in [6, 6.07) is 4.27. The Morgan fingerprint density at radius 1 is 1.44 bits per heavy atom. The van der Waals surface area contributed by atoms with Crippen LogP contribution in [0.5, 0.6) is 5.75 Å². The standard InChI is InChI=1S/C10H10BrClO5S/c1-2-16-10(13)6-17-8-4-3-7(11)5-9(8)18(12,14)15/h3-5H,2,6H2,1H3. The topological polar surface area (TPSA) is 69.7 Å². The molecule has 0 unspecified atom stereocenters. The number of halogens is 2. The average molecular weight is 358 g/mol. The van der Waals surface area contributed by atoms with Gasteiger partial charge in [-0.3, -0.25) is 0 Å². The van der Waals surface area contributed by atoms with Gasteiger partial charge >= 0.3 is 5.97 Å². The SMILES string of the molecule is CCOC(=O)COc1ccc(Br)cc1S(=O)(=O)Cl. The Balaban J connectivity index is 2.93. The predicted molar refractivity (Wildman–Crippen MR) is 69.3 cm³/mol. The van der Waals surface area contributed by atoms with Gasteiger partial charge in [0.15, 0.2) is 6.61 Å². The van der Waals surface area contributed by atoms with Gasteiger partial charge in [-0.05, 0) is 25.1 Å². The third kappa shape index (κ3) is 4.47. The first-order valence-corrected chi connectivity index (χ1v) is 7.97. The van der Waals surface area contributed by atoms with Crippen molar-refractivity contribution in [3.05, 3.63) is 22.7 Å². The van der Waals surface area contributed by atoms with Crippen LogP contribution < -0.4 is 4.74 Å². The molecule has 1 aromatic rings. The molecule has 0 aromatic heterocycles. The number of hydrogen-bond acceptors (Lipinski definition) is 5. The van der Waals surface area contributed by atoms with Crippen LogP contribution >= 0.6 is 26.6 Å². The van der Waals surface area contributed by atoms with Crippen molar-refractivity contribution in [1.29, 1.82) is 0 Å². The van der Waals surface area contributed by atoms with Crippen LogP contribution in [-0.2, 0) is 18.6 Å². The second-order valence-corrected chi connectivity index (χ2v) is 6.57. The maximum atomic E-state index is 11.3. The summed E-state index contributed by atoms with van der Waals surface area (Å²) in [5.74, 6) is -0.584. The molecular formula is C10H10BrClO5S. The summed E-state index contributed by atoms with van der Waals surface area (Å²) < 4.78 is 32.9. The predicted octanol–water partition coefficient (Wildman–Crippen LogP) is 2.32. The van der Waals surface area contributed by atoms with E-state index >= 15 is 0 Å². The number of ether oxygens (including phenoxy) is 2. The summed E-state index contributed by atoms with van der Waals surface area (Å²) in [7, 11) is 1.32. The van der Waals surface area contributed by atoms with Gasteiger partial charge in [0.1, 0.15) is 10.6 Å². The maximum absolute atomic E-state index is 11.3. The van der Waals surface area contributed by atoms with E-state index in [1.165, 1.54) is 12.1 Å². The molecule has 0 radical (unpaired) electrons. The molecule has 100 valence electrons. The highest BCUT2D eigenvalue weighted by atomic mass is 79.9. The monoisotopic (exact) mass is 356 g/mol. The fourth-order valence-corrected chi connectivity index (χ4v) is 2.64. The third-order valence-electron chi connectivity index (χ3n) is 1.82. The van der Waals surface area contributed by atoms with Crippen LogP contribution in [0.1, 0.15) is 6.92 Å². The van der Waals surface area contributed by atoms with Crippen molar-refractivity contribution in [1.82, 2.24) is 0 Å². The van der Waals surface area contributed by atoms with Gasteiger partial charge in [0.25, 0.3) is 9.05 Å². The lowest BCUT2D eigenvalue weighted by Gasteiger charge is -2.09. The van der Waals surface area contributed by atoms with Crippen molar-refractivity contribution in [2.45, 2.75) is 11.8 Å². The Hall–Kier alpha value is -0.790. The molecule has 8 heteroatoms. The molecule has 5 nitrogen and oxygen atoms in total. The van der Waals surface area contributed by atoms with Crippen molar-refractivity contribution in [3.63, 3.8) is 0 Å². The van der Waals surface area contributed by atoms with Gasteiger partial charge in [-0.15, -0.1) is 0 Å². The smallest absolute Gasteiger partial charge is 0.344 e. The van der Waals surface area contributed by atoms with Gasteiger partial charge in [0.05, 0.1) is 6.61 Å². The Morgan fingerprint density at radius 2 is 2.11 bits per heavy atom. The maximum Gasteiger partial charge on any atom is 0.344 e. The zero-order valence-electron chi connectivity index (χ0n) is 9.35. The van der Waals surface area contributed by atoms with Crippen molar-refractivity contribution < 1.29 is 22.7 Å². The summed E-state index contributed by atoms with van der Waals surface area (Å²) in [5, 5.41) is 0. The molecule has 0 heterocycles. The molecule has 0 atom stereocenters. The number of esters is 1. The molecule has 18 heavy (non-hydrogen) atoms. The quantitative estimate of drug-likeness (QED) is 0.597. The number of hydrogen-bond donors (Lipinski definition) is 0. The molecule has 0 saturated carbocycles. The average Bonchev–Trinajstić information content (AvgIpc) is 2.26. The van der Waals surface area contributed by atoms with E-state index in [0.717, 1.165) is 0 Å². The lowest BCUT2D eigenvalue weighted by Crippen LogP contribution is -2.15. The molecule has 0 aliphatic heterocycles. The van der Waals surface area contributed by atoms with Crippen molar-refractivity contribution in [2.24, 2.45) is 0 Å². The van der Waals surface area contributed by atoms with Gasteiger partial charge in [0.2, 0.25) is 0 Å². The van der Waals surface area contributed by atoms with E-state index in [0.29, 0.717) is 4.47 Å². The highest BCUT2D eigenvalue weighted by molar-refractivity contribution is 9.10. The molecule has 0 aliphatic carbocycles. The van der Waals surface area contributed by atoms with Crippen molar-refractivity contribution >= 4 is 41.6 Å². The Labute approximate surface area is 118 Å². The highest BCUT2D eigenvalue weighted by Gasteiger charge is 2.18. The Bertz CT molecular complexity index is 543. The molecule has 0 N–H and O–H groups in total. The van der Waals surface area contributed by atoms with E-state index in [2.05, 4.69) is 20.7 Å². The van der Waals surface area contributed by atoms with E-state index in [1.54, 1.807) is 13.0 Å². The fourth-order valence-electron chi connectivity index (χ4n) is 1.13. The van der Waals surface area contributed by atoms with Crippen LogP contribution in [0, 0.1) is 0 Å². The van der Waals surface area contributed by atoms with E-state index in [9.17, 15) is 13.2 Å². The largest absolute Gasteiger partial charge is 0.480 e. The third-order valence-corrected chi connectivity index (χ3v) is 3.66. The van der Waals surface area contributed by atoms with Gasteiger partial charge in [-0.25, -0.2) is 13.2 Å². The minimum absolute atomic E-state index is 0.00116. The first-order chi connectivity index (χ1) is 8.34. The number of benzene rings is 1. The van der Waals surface area contributed by atoms with Gasteiger partial charge < -0.3 is 9.47 Å². The van der Waals surface area contributed by atoms with Crippen LogP contribution in [0.4, 0.5) is 0 Å². The molecule has 1 rings (SSSR count). The zero-order valence-corrected chi connectivity index (χ0v) is 12.5. The summed E-state index contributed by atoms with van der Waals surface area (Å²) >= 11 is 3.12. The molecule has 0 aliphatic rings. The summed E-state index contributed by atoms with van der Waals surface area (Å²) in [6.07, 6.45) is 0. The fraction of sp³-hybridized carbons (Fsp3) is 0.300. The minimum Gasteiger partial charge on any atom is -0.480 e. The van der Waals surface area contributed by atoms with E-state index in [4.69, 9.17) is 15.4 Å². The second kappa shape index (κ2) is 6.40. The molecule has 0 fully saturated rings. The van der Waals surface area contributed by atoms with Gasteiger partial charge in [-0.1, -0.05) is 15.9 Å². The number of rotatable bonds is 5.